The van der Waals surface area contributed by atoms with Gasteiger partial charge in [0.25, 0.3) is 14.4 Å². The Hall–Kier alpha value is -0.240. The lowest BCUT2D eigenvalue weighted by Crippen LogP contribution is -2.33. The van der Waals surface area contributed by atoms with Gasteiger partial charge in [-0.05, 0) is 25.6 Å². The lowest BCUT2D eigenvalue weighted by atomic mass is 10.4. The van der Waals surface area contributed by atoms with Crippen LogP contribution in [0.5, 0.6) is 0 Å². The van der Waals surface area contributed by atoms with Gasteiger partial charge in [0.1, 0.15) is 6.73 Å². The van der Waals surface area contributed by atoms with Gasteiger partial charge in [-0.25, -0.2) is 8.42 Å². The molecule has 0 atom stereocenters. The molecule has 0 bridgehead atoms. The first-order chi connectivity index (χ1) is 7.04. The Kier molecular flexibility index (Phi) is 7.85. The van der Waals surface area contributed by atoms with Crippen molar-refractivity contribution in [3.63, 3.8) is 0 Å². The van der Waals surface area contributed by atoms with E-state index in [-0.39, 0.29) is 13.3 Å². The van der Waals surface area contributed by atoms with Crippen LogP contribution in [-0.4, -0.2) is 32.7 Å². The number of ether oxygens (including phenoxy) is 2. The van der Waals surface area contributed by atoms with Crippen LogP contribution >= 0.6 is 12.2 Å². The molecule has 0 radical (unpaired) electrons. The highest BCUT2D eigenvalue weighted by molar-refractivity contribution is 8.15. The van der Waals surface area contributed by atoms with Crippen LogP contribution in [0.3, 0.4) is 0 Å². The van der Waals surface area contributed by atoms with E-state index in [0.717, 1.165) is 12.8 Å². The third-order valence-corrected chi connectivity index (χ3v) is 3.31. The van der Waals surface area contributed by atoms with Crippen molar-refractivity contribution in [3.8, 4) is 0 Å². The van der Waals surface area contributed by atoms with Crippen molar-refractivity contribution in [2.75, 3.05) is 19.9 Å². The fourth-order valence-corrected chi connectivity index (χ4v) is 1.62. The van der Waals surface area contributed by atoms with E-state index < -0.39 is 14.4 Å². The molecule has 0 aromatic heterocycles. The summed E-state index contributed by atoms with van der Waals surface area (Å²) in [6.45, 7) is 4.38. The Bertz CT molecular complexity index is 276. The minimum atomic E-state index is -3.68. The second-order valence-corrected chi connectivity index (χ2v) is 5.03. The Labute approximate surface area is 96.2 Å². The zero-order valence-electron chi connectivity index (χ0n) is 8.99. The number of hydrogen-bond acceptors (Lipinski definition) is 5. The molecule has 0 aliphatic rings. The second kappa shape index (κ2) is 7.98. The standard InChI is InChI=1S/C8H17NO4S2/c1-3-5-6-12-7-9-15(10,11)8(14)13-4-2/h9H,3-7H2,1-2H3. The van der Waals surface area contributed by atoms with E-state index in [9.17, 15) is 8.42 Å². The predicted octanol–water partition coefficient (Wildman–Crippen LogP) is 1.00. The number of unbranched alkanes of at least 4 members (excludes halogenated alkanes) is 1. The third-order valence-electron chi connectivity index (χ3n) is 1.47. The zero-order valence-corrected chi connectivity index (χ0v) is 10.6. The zero-order chi connectivity index (χ0) is 11.7. The first-order valence-electron chi connectivity index (χ1n) is 4.78. The van der Waals surface area contributed by atoms with Gasteiger partial charge in [0, 0.05) is 6.61 Å². The van der Waals surface area contributed by atoms with Crippen LogP contribution in [0.15, 0.2) is 0 Å². The number of rotatable bonds is 7. The summed E-state index contributed by atoms with van der Waals surface area (Å²) < 4.78 is 34.1. The number of hydrogen-bond donors (Lipinski definition) is 1. The Morgan fingerprint density at radius 1 is 1.40 bits per heavy atom. The van der Waals surface area contributed by atoms with Crippen LogP contribution in [0.4, 0.5) is 0 Å². The van der Waals surface area contributed by atoms with Crippen LogP contribution in [0, 0.1) is 0 Å². The molecule has 0 unspecified atom stereocenters. The molecule has 5 nitrogen and oxygen atoms in total. The van der Waals surface area contributed by atoms with Crippen LogP contribution < -0.4 is 4.72 Å². The van der Waals surface area contributed by atoms with E-state index in [4.69, 9.17) is 9.47 Å². The van der Waals surface area contributed by atoms with E-state index in [0.29, 0.717) is 6.61 Å². The quantitative estimate of drug-likeness (QED) is 0.418. The fraction of sp³-hybridized carbons (Fsp3) is 0.875. The van der Waals surface area contributed by atoms with Gasteiger partial charge >= 0.3 is 0 Å². The lowest BCUT2D eigenvalue weighted by Gasteiger charge is -2.08. The Balaban J connectivity index is 3.79. The van der Waals surface area contributed by atoms with Gasteiger partial charge in [-0.1, -0.05) is 13.3 Å². The Morgan fingerprint density at radius 2 is 2.07 bits per heavy atom. The summed E-state index contributed by atoms with van der Waals surface area (Å²) in [6.07, 6.45) is 1.90. The molecule has 1 N–H and O–H groups in total. The van der Waals surface area contributed by atoms with Gasteiger partial charge in [0.05, 0.1) is 6.61 Å². The summed E-state index contributed by atoms with van der Waals surface area (Å²) in [4.78, 5) is 0. The van der Waals surface area contributed by atoms with Crippen molar-refractivity contribution in [2.45, 2.75) is 26.7 Å². The molecule has 0 rings (SSSR count). The molecule has 0 aliphatic carbocycles. The third kappa shape index (κ3) is 6.77. The SMILES string of the molecule is CCCCOCNS(=O)(=O)C(=S)OCC. The largest absolute Gasteiger partial charge is 0.475 e. The molecule has 7 heteroatoms. The summed E-state index contributed by atoms with van der Waals surface area (Å²) in [5.74, 6) is 0. The van der Waals surface area contributed by atoms with Crippen molar-refractivity contribution >= 4 is 26.6 Å². The van der Waals surface area contributed by atoms with Crippen LogP contribution in [-0.2, 0) is 19.5 Å². The first kappa shape index (κ1) is 14.8. The molecule has 0 spiro atoms. The summed E-state index contributed by atoms with van der Waals surface area (Å²) in [5.41, 5.74) is 0. The van der Waals surface area contributed by atoms with Crippen LogP contribution in [0.1, 0.15) is 26.7 Å². The van der Waals surface area contributed by atoms with E-state index >= 15 is 0 Å². The highest BCUT2D eigenvalue weighted by Gasteiger charge is 2.17. The molecule has 0 fully saturated rings. The van der Waals surface area contributed by atoms with Crippen molar-refractivity contribution < 1.29 is 17.9 Å². The molecule has 90 valence electrons. The van der Waals surface area contributed by atoms with Crippen molar-refractivity contribution in [3.05, 3.63) is 0 Å². The summed E-state index contributed by atoms with van der Waals surface area (Å²) >= 11 is 4.56. The van der Waals surface area contributed by atoms with Gasteiger partial charge in [-0.3, -0.25) is 0 Å². The monoisotopic (exact) mass is 255 g/mol. The van der Waals surface area contributed by atoms with Crippen molar-refractivity contribution in [1.29, 1.82) is 0 Å². The highest BCUT2D eigenvalue weighted by atomic mass is 32.2. The van der Waals surface area contributed by atoms with E-state index in [1.807, 2.05) is 6.92 Å². The number of sulfonamides is 1. The predicted molar refractivity (Wildman–Crippen MR) is 62.0 cm³/mol. The molecule has 0 aromatic carbocycles. The van der Waals surface area contributed by atoms with E-state index in [1.54, 1.807) is 6.92 Å². The van der Waals surface area contributed by atoms with Gasteiger partial charge in [0.15, 0.2) is 0 Å². The molecule has 0 amide bonds. The maximum Gasteiger partial charge on any atom is 0.294 e. The molecule has 0 saturated heterocycles. The molecule has 15 heavy (non-hydrogen) atoms. The molecule has 0 aromatic rings. The van der Waals surface area contributed by atoms with E-state index in [2.05, 4.69) is 16.9 Å². The summed E-state index contributed by atoms with van der Waals surface area (Å²) in [5, 5.41) is 0. The van der Waals surface area contributed by atoms with Gasteiger partial charge in [-0.2, -0.15) is 4.72 Å². The smallest absolute Gasteiger partial charge is 0.294 e. The van der Waals surface area contributed by atoms with Crippen molar-refractivity contribution in [2.24, 2.45) is 0 Å². The Morgan fingerprint density at radius 3 is 2.60 bits per heavy atom. The number of nitrogens with one attached hydrogen (secondary N) is 1. The molecule has 0 heterocycles. The average molecular weight is 255 g/mol. The molecule has 0 aliphatic heterocycles. The minimum Gasteiger partial charge on any atom is -0.475 e. The van der Waals surface area contributed by atoms with Gasteiger partial charge in [0.2, 0.25) is 0 Å². The lowest BCUT2D eigenvalue weighted by molar-refractivity contribution is 0.128. The number of thiocarbonyl (C=S) groups is 1. The van der Waals surface area contributed by atoms with Crippen LogP contribution in [0.25, 0.3) is 0 Å². The summed E-state index contributed by atoms with van der Waals surface area (Å²) in [6, 6.07) is 0. The first-order valence-corrected chi connectivity index (χ1v) is 6.68. The van der Waals surface area contributed by atoms with Crippen molar-refractivity contribution in [1.82, 2.24) is 4.72 Å². The van der Waals surface area contributed by atoms with Crippen LogP contribution in [0.2, 0.25) is 0 Å². The highest BCUT2D eigenvalue weighted by Crippen LogP contribution is 1.93. The average Bonchev–Trinajstić information content (AvgIpc) is 2.18. The maximum absolute atomic E-state index is 11.3. The molecular weight excluding hydrogens is 238 g/mol. The van der Waals surface area contributed by atoms with Gasteiger partial charge in [-0.15, -0.1) is 0 Å². The fourth-order valence-electron chi connectivity index (χ4n) is 0.692. The van der Waals surface area contributed by atoms with E-state index in [1.165, 1.54) is 0 Å². The maximum atomic E-state index is 11.3. The second-order valence-electron chi connectivity index (χ2n) is 2.74. The topological polar surface area (TPSA) is 64.6 Å². The van der Waals surface area contributed by atoms with Gasteiger partial charge < -0.3 is 9.47 Å². The molecule has 0 saturated carbocycles. The normalized spacial score (nSPS) is 11.3. The minimum absolute atomic E-state index is 0.0739. The summed E-state index contributed by atoms with van der Waals surface area (Å²) in [7, 11) is -3.68. The molecular formula is C8H17NO4S2.